The van der Waals surface area contributed by atoms with E-state index in [0.717, 1.165) is 0 Å². The van der Waals surface area contributed by atoms with Crippen molar-refractivity contribution in [1.29, 1.82) is 0 Å². The fourth-order valence-electron chi connectivity index (χ4n) is 0.838. The molecular formula is C5H10BrNO2S. The van der Waals surface area contributed by atoms with Gasteiger partial charge in [0.2, 0.25) is 0 Å². The molecule has 0 unspecified atom stereocenters. The summed E-state index contributed by atoms with van der Waals surface area (Å²) in [4.78, 5) is 0.412. The van der Waals surface area contributed by atoms with Crippen LogP contribution in [-0.4, -0.2) is 20.2 Å². The van der Waals surface area contributed by atoms with E-state index in [1.165, 1.54) is 0 Å². The highest BCUT2D eigenvalue weighted by atomic mass is 79.9. The molecule has 5 heteroatoms. The first-order chi connectivity index (χ1) is 4.02. The van der Waals surface area contributed by atoms with Gasteiger partial charge in [0.25, 0.3) is 0 Å². The van der Waals surface area contributed by atoms with Gasteiger partial charge in [-0.2, -0.15) is 0 Å². The SMILES string of the molecule is Br.CC1=C[C@@H](N)CS1(=O)=O. The van der Waals surface area contributed by atoms with Crippen LogP contribution in [-0.2, 0) is 9.84 Å². The molecule has 0 spiro atoms. The molecule has 2 N–H and O–H groups in total. The summed E-state index contributed by atoms with van der Waals surface area (Å²) in [6, 6.07) is -0.282. The third kappa shape index (κ3) is 1.81. The summed E-state index contributed by atoms with van der Waals surface area (Å²) < 4.78 is 21.6. The number of hydrogen-bond donors (Lipinski definition) is 1. The Bertz CT molecular complexity index is 244. The number of halogens is 1. The Morgan fingerprint density at radius 2 is 2.20 bits per heavy atom. The van der Waals surface area contributed by atoms with E-state index in [9.17, 15) is 8.42 Å². The Kier molecular flexibility index (Phi) is 3.06. The van der Waals surface area contributed by atoms with Crippen LogP contribution in [0.5, 0.6) is 0 Å². The second-order valence-corrected chi connectivity index (χ2v) is 4.43. The lowest BCUT2D eigenvalue weighted by Gasteiger charge is -1.93. The Morgan fingerprint density at radius 3 is 2.30 bits per heavy atom. The summed E-state index contributed by atoms with van der Waals surface area (Å²) in [5.74, 6) is 0.0822. The smallest absolute Gasteiger partial charge is 0.175 e. The number of rotatable bonds is 0. The van der Waals surface area contributed by atoms with Crippen molar-refractivity contribution in [3.05, 3.63) is 11.0 Å². The van der Waals surface area contributed by atoms with Crippen LogP contribution in [0.2, 0.25) is 0 Å². The van der Waals surface area contributed by atoms with Crippen LogP contribution < -0.4 is 5.73 Å². The summed E-state index contributed by atoms with van der Waals surface area (Å²) in [5.41, 5.74) is 5.35. The van der Waals surface area contributed by atoms with E-state index >= 15 is 0 Å². The van der Waals surface area contributed by atoms with Crippen molar-refractivity contribution >= 4 is 26.8 Å². The Hall–Kier alpha value is 0.130. The van der Waals surface area contributed by atoms with E-state index in [1.807, 2.05) is 0 Å². The lowest BCUT2D eigenvalue weighted by Crippen LogP contribution is -2.20. The largest absolute Gasteiger partial charge is 0.324 e. The number of sulfone groups is 1. The van der Waals surface area contributed by atoms with Gasteiger partial charge in [-0.1, -0.05) is 6.08 Å². The first kappa shape index (κ1) is 10.1. The average Bonchev–Trinajstić information content (AvgIpc) is 1.79. The molecule has 0 radical (unpaired) electrons. The minimum Gasteiger partial charge on any atom is -0.324 e. The predicted molar refractivity (Wildman–Crippen MR) is 45.8 cm³/mol. The molecule has 60 valence electrons. The zero-order valence-corrected chi connectivity index (χ0v) is 8.10. The fourth-order valence-corrected chi connectivity index (χ4v) is 2.09. The standard InChI is InChI=1S/C5H9NO2S.BrH/c1-4-2-5(6)3-9(4,7)8;/h2,5H,3,6H2,1H3;1H/t5-;/m1./s1. The number of nitrogens with two attached hydrogens (primary N) is 1. The average molecular weight is 228 g/mol. The highest BCUT2D eigenvalue weighted by Gasteiger charge is 2.23. The quantitative estimate of drug-likeness (QED) is 0.645. The molecule has 0 fully saturated rings. The molecule has 0 aliphatic carbocycles. The normalized spacial score (nSPS) is 29.0. The van der Waals surface area contributed by atoms with Crippen molar-refractivity contribution in [2.24, 2.45) is 5.73 Å². The summed E-state index contributed by atoms with van der Waals surface area (Å²) in [5, 5.41) is 0. The van der Waals surface area contributed by atoms with Gasteiger partial charge in [0.05, 0.1) is 5.75 Å². The van der Waals surface area contributed by atoms with Crippen LogP contribution in [0.4, 0.5) is 0 Å². The molecular weight excluding hydrogens is 218 g/mol. The van der Waals surface area contributed by atoms with E-state index in [0.29, 0.717) is 4.91 Å². The van der Waals surface area contributed by atoms with Crippen molar-refractivity contribution in [2.45, 2.75) is 13.0 Å². The van der Waals surface area contributed by atoms with Gasteiger partial charge in [-0.15, -0.1) is 17.0 Å². The lowest BCUT2D eigenvalue weighted by atomic mass is 10.3. The maximum Gasteiger partial charge on any atom is 0.175 e. The molecule has 10 heavy (non-hydrogen) atoms. The fraction of sp³-hybridized carbons (Fsp3) is 0.600. The van der Waals surface area contributed by atoms with Crippen molar-refractivity contribution in [1.82, 2.24) is 0 Å². The Labute approximate surface area is 71.0 Å². The van der Waals surface area contributed by atoms with Crippen LogP contribution in [0.15, 0.2) is 11.0 Å². The summed E-state index contributed by atoms with van der Waals surface area (Å²) in [6.07, 6.45) is 1.58. The molecule has 0 bridgehead atoms. The molecule has 0 saturated heterocycles. The number of allylic oxidation sites excluding steroid dienone is 1. The molecule has 0 aromatic rings. The molecule has 1 aliphatic heterocycles. The molecule has 3 nitrogen and oxygen atoms in total. The van der Waals surface area contributed by atoms with E-state index in [4.69, 9.17) is 5.73 Å². The van der Waals surface area contributed by atoms with Gasteiger partial charge in [0.15, 0.2) is 9.84 Å². The summed E-state index contributed by atoms with van der Waals surface area (Å²) >= 11 is 0. The third-order valence-electron chi connectivity index (χ3n) is 1.35. The van der Waals surface area contributed by atoms with Gasteiger partial charge in [0.1, 0.15) is 0 Å². The molecule has 0 aromatic heterocycles. The van der Waals surface area contributed by atoms with Crippen LogP contribution >= 0.6 is 17.0 Å². The first-order valence-corrected chi connectivity index (χ1v) is 4.34. The molecule has 1 atom stereocenters. The van der Waals surface area contributed by atoms with Gasteiger partial charge in [-0.3, -0.25) is 0 Å². The van der Waals surface area contributed by atoms with Gasteiger partial charge in [-0.05, 0) is 6.92 Å². The van der Waals surface area contributed by atoms with E-state index in [-0.39, 0.29) is 28.8 Å². The highest BCUT2D eigenvalue weighted by Crippen LogP contribution is 2.15. The van der Waals surface area contributed by atoms with E-state index < -0.39 is 9.84 Å². The topological polar surface area (TPSA) is 60.2 Å². The van der Waals surface area contributed by atoms with Crippen molar-refractivity contribution in [3.8, 4) is 0 Å². The molecule has 1 heterocycles. The number of hydrogen-bond acceptors (Lipinski definition) is 3. The lowest BCUT2D eigenvalue weighted by molar-refractivity contribution is 0.602. The van der Waals surface area contributed by atoms with Crippen molar-refractivity contribution < 1.29 is 8.42 Å². The van der Waals surface area contributed by atoms with Crippen LogP contribution in [0, 0.1) is 0 Å². The highest BCUT2D eigenvalue weighted by molar-refractivity contribution is 8.93. The van der Waals surface area contributed by atoms with Crippen molar-refractivity contribution in [2.75, 3.05) is 5.75 Å². The molecule has 0 amide bonds. The zero-order valence-electron chi connectivity index (χ0n) is 5.57. The predicted octanol–water partition coefficient (Wildman–Crippen LogP) is 0.224. The van der Waals surface area contributed by atoms with Gasteiger partial charge >= 0.3 is 0 Å². The monoisotopic (exact) mass is 227 g/mol. The van der Waals surface area contributed by atoms with E-state index in [1.54, 1.807) is 13.0 Å². The molecule has 0 saturated carbocycles. The minimum absolute atomic E-state index is 0. The van der Waals surface area contributed by atoms with Gasteiger partial charge in [0, 0.05) is 10.9 Å². The maximum absolute atomic E-state index is 10.8. The van der Waals surface area contributed by atoms with Gasteiger partial charge < -0.3 is 5.73 Å². The molecule has 1 rings (SSSR count). The third-order valence-corrected chi connectivity index (χ3v) is 3.29. The second kappa shape index (κ2) is 3.02. The van der Waals surface area contributed by atoms with Crippen LogP contribution in [0.1, 0.15) is 6.92 Å². The van der Waals surface area contributed by atoms with Gasteiger partial charge in [-0.25, -0.2) is 8.42 Å². The zero-order chi connectivity index (χ0) is 7.07. The van der Waals surface area contributed by atoms with Crippen LogP contribution in [0.3, 0.4) is 0 Å². The molecule has 0 aromatic carbocycles. The first-order valence-electron chi connectivity index (χ1n) is 2.69. The Balaban J connectivity index is 0.000000810. The second-order valence-electron chi connectivity index (χ2n) is 2.22. The summed E-state index contributed by atoms with van der Waals surface area (Å²) in [6.45, 7) is 1.57. The van der Waals surface area contributed by atoms with Crippen LogP contribution in [0.25, 0.3) is 0 Å². The Morgan fingerprint density at radius 1 is 1.70 bits per heavy atom. The summed E-state index contributed by atoms with van der Waals surface area (Å²) in [7, 11) is -2.94. The van der Waals surface area contributed by atoms with Crippen molar-refractivity contribution in [3.63, 3.8) is 0 Å². The van der Waals surface area contributed by atoms with E-state index in [2.05, 4.69) is 0 Å². The minimum atomic E-state index is -2.94. The molecule has 1 aliphatic rings. The maximum atomic E-state index is 10.8.